The molecule has 1 saturated heterocycles. The monoisotopic (exact) mass is 283 g/mol. The fourth-order valence-corrected chi connectivity index (χ4v) is 3.39. The van der Waals surface area contributed by atoms with E-state index in [9.17, 15) is 9.90 Å². The summed E-state index contributed by atoms with van der Waals surface area (Å²) in [5.74, 6) is 0.903. The minimum Gasteiger partial charge on any atom is -0.393 e. The van der Waals surface area contributed by atoms with Gasteiger partial charge in [0.15, 0.2) is 0 Å². The van der Waals surface area contributed by atoms with Crippen LogP contribution in [0.4, 0.5) is 0 Å². The van der Waals surface area contributed by atoms with Gasteiger partial charge in [0.25, 0.3) is 0 Å². The first-order chi connectivity index (χ1) is 9.75. The summed E-state index contributed by atoms with van der Waals surface area (Å²) in [4.78, 5) is 14.2. The number of carbonyl (C=O) groups excluding carboxylic acids is 1. The van der Waals surface area contributed by atoms with Gasteiger partial charge >= 0.3 is 0 Å². The molecule has 1 aliphatic heterocycles. The van der Waals surface area contributed by atoms with Crippen molar-refractivity contribution in [3.8, 4) is 0 Å². The van der Waals surface area contributed by atoms with Crippen LogP contribution < -0.4 is 0 Å². The van der Waals surface area contributed by atoms with Crippen molar-refractivity contribution in [2.24, 2.45) is 11.8 Å². The molecule has 0 unspecified atom stereocenters. The Morgan fingerprint density at radius 3 is 2.85 bits per heavy atom. The van der Waals surface area contributed by atoms with Gasteiger partial charge < -0.3 is 19.5 Å². The Morgan fingerprint density at radius 2 is 2.15 bits per heavy atom. The van der Waals surface area contributed by atoms with Gasteiger partial charge in [0.05, 0.1) is 32.0 Å². The molecular weight excluding hydrogens is 258 g/mol. The number of ether oxygens (including phenoxy) is 2. The molecule has 1 amide bonds. The summed E-state index contributed by atoms with van der Waals surface area (Å²) in [5, 5.41) is 10.1. The number of hydrogen-bond donors (Lipinski definition) is 1. The van der Waals surface area contributed by atoms with Crippen molar-refractivity contribution < 1.29 is 19.4 Å². The summed E-state index contributed by atoms with van der Waals surface area (Å²) in [6, 6.07) is 0.0262. The molecule has 0 aromatic rings. The summed E-state index contributed by atoms with van der Waals surface area (Å²) in [7, 11) is 0. The maximum Gasteiger partial charge on any atom is 0.248 e. The maximum atomic E-state index is 12.3. The van der Waals surface area contributed by atoms with Crippen molar-refractivity contribution in [3.05, 3.63) is 0 Å². The van der Waals surface area contributed by atoms with Crippen LogP contribution in [0.3, 0.4) is 0 Å². The Morgan fingerprint density at radius 1 is 1.30 bits per heavy atom. The maximum absolute atomic E-state index is 12.3. The molecular formula is C15H25NO4. The first kappa shape index (κ1) is 14.3. The Labute approximate surface area is 120 Å². The molecule has 0 bridgehead atoms. The molecule has 0 aromatic carbocycles. The Balaban J connectivity index is 1.54. The molecule has 1 N–H and O–H groups in total. The van der Waals surface area contributed by atoms with Gasteiger partial charge in [-0.1, -0.05) is 6.42 Å². The van der Waals surface area contributed by atoms with Crippen molar-refractivity contribution in [2.75, 3.05) is 33.0 Å². The van der Waals surface area contributed by atoms with Gasteiger partial charge in [0, 0.05) is 12.5 Å². The number of aliphatic hydroxyl groups is 1. The lowest BCUT2D eigenvalue weighted by atomic mass is 9.94. The summed E-state index contributed by atoms with van der Waals surface area (Å²) >= 11 is 0. The van der Waals surface area contributed by atoms with Crippen molar-refractivity contribution >= 4 is 5.91 Å². The van der Waals surface area contributed by atoms with Gasteiger partial charge in [-0.25, -0.2) is 0 Å². The number of amides is 1. The van der Waals surface area contributed by atoms with Gasteiger partial charge in [-0.2, -0.15) is 0 Å². The second kappa shape index (κ2) is 6.41. The second-order valence-electron chi connectivity index (χ2n) is 6.35. The molecule has 3 aliphatic rings. The lowest BCUT2D eigenvalue weighted by molar-refractivity contribution is -0.148. The standard InChI is InChI=1S/C15H25NO4/c17-14-3-1-2-12(14)13-9-19-7-6-16(13)15(18)10-20-8-11-4-5-11/h11-14,17H,1-10H2/t12-,13-,14+/m1/s1. The summed E-state index contributed by atoms with van der Waals surface area (Å²) in [6.07, 6.45) is 5.07. The number of nitrogens with zero attached hydrogens (tertiary/aromatic N) is 1. The fraction of sp³-hybridized carbons (Fsp3) is 0.933. The molecule has 0 aromatic heterocycles. The zero-order chi connectivity index (χ0) is 13.9. The Bertz CT molecular complexity index is 345. The van der Waals surface area contributed by atoms with Gasteiger partial charge in [0.1, 0.15) is 6.61 Å². The van der Waals surface area contributed by atoms with Crippen LogP contribution in [0.25, 0.3) is 0 Å². The third-order valence-corrected chi connectivity index (χ3v) is 4.79. The van der Waals surface area contributed by atoms with Gasteiger partial charge in [-0.05, 0) is 31.6 Å². The van der Waals surface area contributed by atoms with Crippen LogP contribution in [0, 0.1) is 11.8 Å². The van der Waals surface area contributed by atoms with E-state index in [0.29, 0.717) is 32.3 Å². The van der Waals surface area contributed by atoms with E-state index in [1.807, 2.05) is 4.90 Å². The number of rotatable bonds is 5. The molecule has 5 heteroatoms. The molecule has 5 nitrogen and oxygen atoms in total. The van der Waals surface area contributed by atoms with Crippen molar-refractivity contribution in [1.82, 2.24) is 4.90 Å². The average molecular weight is 283 g/mol. The molecule has 114 valence electrons. The van der Waals surface area contributed by atoms with E-state index in [0.717, 1.165) is 19.3 Å². The first-order valence-corrected chi connectivity index (χ1v) is 7.88. The fourth-order valence-electron chi connectivity index (χ4n) is 3.39. The van der Waals surface area contributed by atoms with Crippen LogP contribution in [0.5, 0.6) is 0 Å². The number of morpholine rings is 1. The van der Waals surface area contributed by atoms with Crippen LogP contribution in [0.15, 0.2) is 0 Å². The van der Waals surface area contributed by atoms with Crippen LogP contribution in [0.1, 0.15) is 32.1 Å². The van der Waals surface area contributed by atoms with E-state index < -0.39 is 0 Å². The SMILES string of the molecule is O=C(COCC1CC1)N1CCOC[C@@H]1[C@H]1CCC[C@@H]1O. The minimum absolute atomic E-state index is 0.0262. The van der Waals surface area contributed by atoms with Crippen molar-refractivity contribution in [1.29, 1.82) is 0 Å². The smallest absolute Gasteiger partial charge is 0.248 e. The largest absolute Gasteiger partial charge is 0.393 e. The molecule has 2 saturated carbocycles. The highest BCUT2D eigenvalue weighted by atomic mass is 16.5. The number of hydrogen-bond acceptors (Lipinski definition) is 4. The molecule has 0 radical (unpaired) electrons. The minimum atomic E-state index is -0.288. The number of aliphatic hydroxyl groups excluding tert-OH is 1. The zero-order valence-corrected chi connectivity index (χ0v) is 12.0. The van der Waals surface area contributed by atoms with Crippen molar-refractivity contribution in [2.45, 2.75) is 44.2 Å². The molecule has 3 fully saturated rings. The molecule has 3 atom stereocenters. The first-order valence-electron chi connectivity index (χ1n) is 7.88. The normalized spacial score (nSPS) is 34.5. The Hall–Kier alpha value is -0.650. The molecule has 0 spiro atoms. The topological polar surface area (TPSA) is 59.0 Å². The van der Waals surface area contributed by atoms with Crippen molar-refractivity contribution in [3.63, 3.8) is 0 Å². The lowest BCUT2D eigenvalue weighted by Gasteiger charge is -2.40. The van der Waals surface area contributed by atoms with Gasteiger partial charge in [0.2, 0.25) is 5.91 Å². The third-order valence-electron chi connectivity index (χ3n) is 4.79. The molecule has 2 aliphatic carbocycles. The van der Waals surface area contributed by atoms with E-state index in [-0.39, 0.29) is 30.6 Å². The average Bonchev–Trinajstić information content (AvgIpc) is 3.19. The van der Waals surface area contributed by atoms with Crippen LogP contribution in [0.2, 0.25) is 0 Å². The summed E-state index contributed by atoms with van der Waals surface area (Å²) in [6.45, 7) is 2.66. The highest BCUT2D eigenvalue weighted by Crippen LogP contribution is 2.32. The van der Waals surface area contributed by atoms with Gasteiger partial charge in [-0.15, -0.1) is 0 Å². The van der Waals surface area contributed by atoms with E-state index in [4.69, 9.17) is 9.47 Å². The van der Waals surface area contributed by atoms with E-state index in [1.165, 1.54) is 12.8 Å². The molecule has 20 heavy (non-hydrogen) atoms. The molecule has 1 heterocycles. The highest BCUT2D eigenvalue weighted by molar-refractivity contribution is 5.78. The molecule has 3 rings (SSSR count). The van der Waals surface area contributed by atoms with Crippen LogP contribution in [-0.4, -0.2) is 61.0 Å². The van der Waals surface area contributed by atoms with Gasteiger partial charge in [-0.3, -0.25) is 4.79 Å². The zero-order valence-electron chi connectivity index (χ0n) is 12.0. The Kier molecular flexibility index (Phi) is 4.58. The van der Waals surface area contributed by atoms with E-state index in [1.54, 1.807) is 0 Å². The number of carbonyl (C=O) groups is 1. The van der Waals surface area contributed by atoms with Crippen LogP contribution >= 0.6 is 0 Å². The quantitative estimate of drug-likeness (QED) is 0.811. The summed E-state index contributed by atoms with van der Waals surface area (Å²) < 4.78 is 11.0. The lowest BCUT2D eigenvalue weighted by Crippen LogP contribution is -2.54. The van der Waals surface area contributed by atoms with E-state index >= 15 is 0 Å². The predicted octanol–water partition coefficient (Wildman–Crippen LogP) is 0.801. The summed E-state index contributed by atoms with van der Waals surface area (Å²) in [5.41, 5.74) is 0. The van der Waals surface area contributed by atoms with Crippen LogP contribution in [-0.2, 0) is 14.3 Å². The predicted molar refractivity (Wildman–Crippen MR) is 73.2 cm³/mol. The van der Waals surface area contributed by atoms with E-state index in [2.05, 4.69) is 0 Å². The third kappa shape index (κ3) is 3.32. The second-order valence-corrected chi connectivity index (χ2v) is 6.35. The highest BCUT2D eigenvalue weighted by Gasteiger charge is 2.39.